The van der Waals surface area contributed by atoms with E-state index in [0.717, 1.165) is 19.3 Å². The molecule has 0 atom stereocenters. The summed E-state index contributed by atoms with van der Waals surface area (Å²) in [5.41, 5.74) is 6.21. The average molecular weight is 286 g/mol. The summed E-state index contributed by atoms with van der Waals surface area (Å²) < 4.78 is 13.9. The molecule has 2 aromatic rings. The zero-order valence-electron chi connectivity index (χ0n) is 11.9. The summed E-state index contributed by atoms with van der Waals surface area (Å²) in [6, 6.07) is 10.4. The van der Waals surface area contributed by atoms with Crippen molar-refractivity contribution in [2.75, 3.05) is 13.1 Å². The number of carbonyl (C=O) groups excluding carboxylic acids is 1. The van der Waals surface area contributed by atoms with Crippen molar-refractivity contribution < 1.29 is 9.18 Å². The molecular weight excluding hydrogens is 267 g/mol. The number of fused-ring (bicyclic) bond motifs is 1. The van der Waals surface area contributed by atoms with Crippen molar-refractivity contribution in [3.63, 3.8) is 0 Å². The third-order valence-electron chi connectivity index (χ3n) is 4.25. The number of carbonyl (C=O) groups is 1. The lowest BCUT2D eigenvalue weighted by Gasteiger charge is -2.37. The second-order valence-corrected chi connectivity index (χ2v) is 5.51. The zero-order valence-corrected chi connectivity index (χ0v) is 11.9. The maximum atomic E-state index is 13.9. The van der Waals surface area contributed by atoms with Crippen LogP contribution >= 0.6 is 0 Å². The summed E-state index contributed by atoms with van der Waals surface area (Å²) >= 11 is 0. The third-order valence-corrected chi connectivity index (χ3v) is 4.25. The Morgan fingerprint density at radius 2 is 1.90 bits per heavy atom. The van der Waals surface area contributed by atoms with Gasteiger partial charge < -0.3 is 10.6 Å². The Kier molecular flexibility index (Phi) is 3.88. The minimum Gasteiger partial charge on any atom is -0.334 e. The zero-order chi connectivity index (χ0) is 14.8. The summed E-state index contributed by atoms with van der Waals surface area (Å²) in [5.74, 6) is -0.336. The number of amides is 1. The monoisotopic (exact) mass is 286 g/mol. The number of benzene rings is 2. The molecule has 3 nitrogen and oxygen atoms in total. The van der Waals surface area contributed by atoms with Gasteiger partial charge in [0.25, 0.3) is 5.91 Å². The Morgan fingerprint density at radius 1 is 1.19 bits per heavy atom. The molecule has 1 aliphatic rings. The second-order valence-electron chi connectivity index (χ2n) is 5.51. The maximum absolute atomic E-state index is 13.9. The van der Waals surface area contributed by atoms with Crippen LogP contribution < -0.4 is 5.73 Å². The summed E-state index contributed by atoms with van der Waals surface area (Å²) in [6.45, 7) is 0.997. The van der Waals surface area contributed by atoms with E-state index in [1.165, 1.54) is 6.07 Å². The summed E-state index contributed by atoms with van der Waals surface area (Å²) in [7, 11) is 0. The van der Waals surface area contributed by atoms with Crippen LogP contribution in [0.5, 0.6) is 0 Å². The first-order chi connectivity index (χ1) is 10.2. The Labute approximate surface area is 123 Å². The van der Waals surface area contributed by atoms with Crippen LogP contribution in [0.3, 0.4) is 0 Å². The normalized spacial score (nSPS) is 15.0. The fraction of sp³-hybridized carbons (Fsp3) is 0.353. The van der Waals surface area contributed by atoms with Crippen LogP contribution in [0.25, 0.3) is 10.8 Å². The van der Waals surface area contributed by atoms with Crippen LogP contribution in [-0.2, 0) is 0 Å². The molecule has 0 spiro atoms. The van der Waals surface area contributed by atoms with Crippen LogP contribution in [0.2, 0.25) is 0 Å². The molecule has 110 valence electrons. The molecule has 2 aromatic carbocycles. The topological polar surface area (TPSA) is 46.3 Å². The fourth-order valence-corrected chi connectivity index (χ4v) is 2.89. The van der Waals surface area contributed by atoms with E-state index < -0.39 is 0 Å². The van der Waals surface area contributed by atoms with Crippen molar-refractivity contribution in [1.29, 1.82) is 0 Å². The maximum Gasteiger partial charge on any atom is 0.254 e. The molecule has 1 amide bonds. The average Bonchev–Trinajstić information content (AvgIpc) is 2.45. The molecule has 0 aromatic heterocycles. The highest BCUT2D eigenvalue weighted by atomic mass is 19.1. The molecule has 0 aliphatic heterocycles. The van der Waals surface area contributed by atoms with Gasteiger partial charge in [-0.2, -0.15) is 0 Å². The number of nitrogens with zero attached hydrogens (tertiary/aromatic N) is 1. The van der Waals surface area contributed by atoms with Crippen molar-refractivity contribution in [3.05, 3.63) is 47.8 Å². The van der Waals surface area contributed by atoms with Crippen LogP contribution in [-0.4, -0.2) is 29.9 Å². The van der Waals surface area contributed by atoms with Crippen molar-refractivity contribution in [3.8, 4) is 0 Å². The highest BCUT2D eigenvalue weighted by molar-refractivity contribution is 6.07. The van der Waals surface area contributed by atoms with Crippen molar-refractivity contribution >= 4 is 16.7 Å². The van der Waals surface area contributed by atoms with E-state index >= 15 is 0 Å². The van der Waals surface area contributed by atoms with Gasteiger partial charge in [0.05, 0.1) is 0 Å². The third kappa shape index (κ3) is 2.51. The minimum absolute atomic E-state index is 0.0404. The molecule has 0 unspecified atom stereocenters. The predicted octanol–water partition coefficient (Wildman–Crippen LogP) is 2.93. The predicted molar refractivity (Wildman–Crippen MR) is 81.6 cm³/mol. The number of hydrogen-bond donors (Lipinski definition) is 1. The van der Waals surface area contributed by atoms with Crippen LogP contribution in [0.15, 0.2) is 36.4 Å². The molecule has 0 bridgehead atoms. The molecule has 3 rings (SSSR count). The van der Waals surface area contributed by atoms with Crippen molar-refractivity contribution in [2.45, 2.75) is 25.3 Å². The van der Waals surface area contributed by atoms with Gasteiger partial charge in [-0.25, -0.2) is 4.39 Å². The van der Waals surface area contributed by atoms with E-state index in [2.05, 4.69) is 0 Å². The van der Waals surface area contributed by atoms with Gasteiger partial charge in [0.1, 0.15) is 5.82 Å². The number of rotatable bonds is 4. The van der Waals surface area contributed by atoms with E-state index in [4.69, 9.17) is 5.73 Å². The molecule has 0 heterocycles. The fourth-order valence-electron chi connectivity index (χ4n) is 2.89. The van der Waals surface area contributed by atoms with Gasteiger partial charge in [0, 0.05) is 30.1 Å². The highest BCUT2D eigenvalue weighted by Gasteiger charge is 2.29. The molecule has 21 heavy (non-hydrogen) atoms. The smallest absolute Gasteiger partial charge is 0.254 e. The molecule has 0 saturated heterocycles. The van der Waals surface area contributed by atoms with Gasteiger partial charge in [0.15, 0.2) is 0 Å². The number of nitrogens with two attached hydrogens (primary N) is 1. The Bertz CT molecular complexity index is 667. The first-order valence-electron chi connectivity index (χ1n) is 7.40. The standard InChI is InChI=1S/C17H19FN2O/c18-16-9-8-15(13-6-1-2-7-14(13)16)17(21)20(11-10-19)12-4-3-5-12/h1-2,6-9,12H,3-5,10-11,19H2. The van der Waals surface area contributed by atoms with E-state index in [0.29, 0.717) is 29.4 Å². The lowest BCUT2D eigenvalue weighted by molar-refractivity contribution is 0.0590. The van der Waals surface area contributed by atoms with Crippen LogP contribution in [0, 0.1) is 5.82 Å². The SMILES string of the molecule is NCCN(C(=O)c1ccc(F)c2ccccc12)C1CCC1. The summed E-state index contributed by atoms with van der Waals surface area (Å²) in [6.07, 6.45) is 3.22. The second kappa shape index (κ2) is 5.82. The number of halogens is 1. The Balaban J connectivity index is 2.02. The lowest BCUT2D eigenvalue weighted by Crippen LogP contribution is -2.46. The van der Waals surface area contributed by atoms with E-state index in [9.17, 15) is 9.18 Å². The minimum atomic E-state index is -0.295. The Morgan fingerprint density at radius 3 is 2.52 bits per heavy atom. The number of hydrogen-bond acceptors (Lipinski definition) is 2. The van der Waals surface area contributed by atoms with Gasteiger partial charge in [-0.15, -0.1) is 0 Å². The summed E-state index contributed by atoms with van der Waals surface area (Å²) in [4.78, 5) is 14.7. The van der Waals surface area contributed by atoms with Gasteiger partial charge >= 0.3 is 0 Å². The van der Waals surface area contributed by atoms with Gasteiger partial charge in [-0.1, -0.05) is 24.3 Å². The van der Waals surface area contributed by atoms with Crippen molar-refractivity contribution in [1.82, 2.24) is 4.90 Å². The molecule has 0 radical (unpaired) electrons. The van der Waals surface area contributed by atoms with E-state index in [1.54, 1.807) is 24.3 Å². The molecular formula is C17H19FN2O. The van der Waals surface area contributed by atoms with E-state index in [1.807, 2.05) is 11.0 Å². The first kappa shape index (κ1) is 14.0. The van der Waals surface area contributed by atoms with Gasteiger partial charge in [0.2, 0.25) is 0 Å². The Hall–Kier alpha value is -1.94. The molecule has 2 N–H and O–H groups in total. The molecule has 1 saturated carbocycles. The van der Waals surface area contributed by atoms with E-state index in [-0.39, 0.29) is 17.8 Å². The van der Waals surface area contributed by atoms with Crippen LogP contribution in [0.4, 0.5) is 4.39 Å². The van der Waals surface area contributed by atoms with Crippen LogP contribution in [0.1, 0.15) is 29.6 Å². The largest absolute Gasteiger partial charge is 0.334 e. The molecule has 1 aliphatic carbocycles. The van der Waals surface area contributed by atoms with Crippen molar-refractivity contribution in [2.24, 2.45) is 5.73 Å². The lowest BCUT2D eigenvalue weighted by atomic mass is 9.90. The quantitative estimate of drug-likeness (QED) is 0.939. The van der Waals surface area contributed by atoms with Gasteiger partial charge in [-0.3, -0.25) is 4.79 Å². The molecule has 4 heteroatoms. The summed E-state index contributed by atoms with van der Waals surface area (Å²) in [5, 5.41) is 1.16. The first-order valence-corrected chi connectivity index (χ1v) is 7.40. The highest BCUT2D eigenvalue weighted by Crippen LogP contribution is 2.28. The van der Waals surface area contributed by atoms with Gasteiger partial charge in [-0.05, 0) is 36.8 Å². The molecule has 1 fully saturated rings.